The SMILES string of the molecule is C=C(C)C(=O)S(=O)(=O)[O-].[K+]. The zero-order valence-electron chi connectivity index (χ0n) is 5.75. The predicted molar refractivity (Wildman–Crippen MR) is 29.5 cm³/mol. The van der Waals surface area contributed by atoms with Crippen LogP contribution in [0.4, 0.5) is 0 Å². The van der Waals surface area contributed by atoms with E-state index < -0.39 is 15.2 Å². The van der Waals surface area contributed by atoms with Gasteiger partial charge in [0.2, 0.25) is 0 Å². The summed E-state index contributed by atoms with van der Waals surface area (Å²) in [7, 11) is -4.79. The largest absolute Gasteiger partial charge is 1.00 e. The van der Waals surface area contributed by atoms with Crippen molar-refractivity contribution in [3.63, 3.8) is 0 Å². The molecule has 0 bridgehead atoms. The molecule has 10 heavy (non-hydrogen) atoms. The van der Waals surface area contributed by atoms with Gasteiger partial charge in [0, 0.05) is 0 Å². The van der Waals surface area contributed by atoms with Crippen LogP contribution in [-0.4, -0.2) is 18.1 Å². The van der Waals surface area contributed by atoms with Gasteiger partial charge < -0.3 is 4.55 Å². The van der Waals surface area contributed by atoms with Gasteiger partial charge in [-0.1, -0.05) is 6.58 Å². The molecule has 0 heterocycles. The van der Waals surface area contributed by atoms with E-state index in [1.807, 2.05) is 0 Å². The molecule has 0 atom stereocenters. The second kappa shape index (κ2) is 4.76. The number of hydrogen-bond acceptors (Lipinski definition) is 4. The van der Waals surface area contributed by atoms with Crippen LogP contribution in [-0.2, 0) is 14.9 Å². The van der Waals surface area contributed by atoms with Gasteiger partial charge in [0.25, 0.3) is 5.12 Å². The molecule has 0 unspecified atom stereocenters. The monoisotopic (exact) mass is 188 g/mol. The zero-order chi connectivity index (χ0) is 7.65. The van der Waals surface area contributed by atoms with Crippen molar-refractivity contribution in [3.05, 3.63) is 12.2 Å². The third-order valence-electron chi connectivity index (χ3n) is 0.576. The van der Waals surface area contributed by atoms with E-state index in [0.717, 1.165) is 6.92 Å². The molecule has 0 aromatic heterocycles. The van der Waals surface area contributed by atoms with E-state index in [9.17, 15) is 17.8 Å². The number of carbonyl (C=O) groups is 1. The van der Waals surface area contributed by atoms with E-state index in [-0.39, 0.29) is 57.0 Å². The molecule has 4 nitrogen and oxygen atoms in total. The van der Waals surface area contributed by atoms with Gasteiger partial charge in [0.15, 0.2) is 10.1 Å². The fourth-order valence-electron chi connectivity index (χ4n) is 0.213. The number of rotatable bonds is 1. The second-order valence-electron chi connectivity index (χ2n) is 1.52. The van der Waals surface area contributed by atoms with Crippen molar-refractivity contribution >= 4 is 15.2 Å². The maximum atomic E-state index is 10.2. The fraction of sp³-hybridized carbons (Fsp3) is 0.250. The molecule has 0 aliphatic carbocycles. The Balaban J connectivity index is 0. The molecule has 0 radical (unpaired) electrons. The van der Waals surface area contributed by atoms with Crippen molar-refractivity contribution in [3.8, 4) is 0 Å². The molecule has 6 heteroatoms. The normalized spacial score (nSPS) is 9.80. The maximum Gasteiger partial charge on any atom is 1.00 e. The summed E-state index contributed by atoms with van der Waals surface area (Å²) < 4.78 is 29.4. The molecular formula is C4H5KO4S. The molecule has 0 saturated heterocycles. The van der Waals surface area contributed by atoms with Gasteiger partial charge in [-0.25, -0.2) is 8.42 Å². The van der Waals surface area contributed by atoms with E-state index in [4.69, 9.17) is 0 Å². The van der Waals surface area contributed by atoms with Gasteiger partial charge in [-0.3, -0.25) is 4.79 Å². The summed E-state index contributed by atoms with van der Waals surface area (Å²) in [6.45, 7) is 4.16. The van der Waals surface area contributed by atoms with Crippen LogP contribution in [0.25, 0.3) is 0 Å². The van der Waals surface area contributed by atoms with Crippen LogP contribution in [0.3, 0.4) is 0 Å². The minimum Gasteiger partial charge on any atom is -0.742 e. The van der Waals surface area contributed by atoms with Crippen molar-refractivity contribution in [2.24, 2.45) is 0 Å². The minimum atomic E-state index is -4.79. The van der Waals surface area contributed by atoms with Gasteiger partial charge >= 0.3 is 51.4 Å². The summed E-state index contributed by atoms with van der Waals surface area (Å²) in [4.78, 5) is 10.2. The number of hydrogen-bond donors (Lipinski definition) is 0. The first-order chi connectivity index (χ1) is 3.85. The first kappa shape index (κ1) is 13.5. The van der Waals surface area contributed by atoms with Crippen LogP contribution in [0.1, 0.15) is 6.92 Å². The minimum absolute atomic E-state index is 0. The Kier molecular flexibility index (Phi) is 6.44. The van der Waals surface area contributed by atoms with Crippen LogP contribution < -0.4 is 51.4 Å². The van der Waals surface area contributed by atoms with Crippen molar-refractivity contribution < 1.29 is 69.1 Å². The quantitative estimate of drug-likeness (QED) is 0.245. The van der Waals surface area contributed by atoms with E-state index in [0.29, 0.717) is 0 Å². The molecular weight excluding hydrogens is 183 g/mol. The molecule has 0 rings (SSSR count). The Morgan fingerprint density at radius 2 is 1.80 bits per heavy atom. The van der Waals surface area contributed by atoms with Gasteiger partial charge in [-0.05, 0) is 12.5 Å². The smallest absolute Gasteiger partial charge is 0.742 e. The third kappa shape index (κ3) is 4.72. The topological polar surface area (TPSA) is 74.3 Å². The summed E-state index contributed by atoms with van der Waals surface area (Å²) in [5.74, 6) is 0. The predicted octanol–water partition coefficient (Wildman–Crippen LogP) is -3.36. The average molecular weight is 188 g/mol. The molecule has 0 aliphatic heterocycles. The molecule has 52 valence electrons. The van der Waals surface area contributed by atoms with Crippen molar-refractivity contribution in [2.75, 3.05) is 0 Å². The van der Waals surface area contributed by atoms with Gasteiger partial charge in [-0.2, -0.15) is 0 Å². The van der Waals surface area contributed by atoms with Gasteiger partial charge in [0.1, 0.15) is 0 Å². The molecule has 0 fully saturated rings. The first-order valence-electron chi connectivity index (χ1n) is 2.01. The van der Waals surface area contributed by atoms with Gasteiger partial charge in [-0.15, -0.1) is 0 Å². The van der Waals surface area contributed by atoms with E-state index in [2.05, 4.69) is 6.58 Å². The first-order valence-corrected chi connectivity index (χ1v) is 3.42. The maximum absolute atomic E-state index is 10.2. The van der Waals surface area contributed by atoms with Crippen molar-refractivity contribution in [1.29, 1.82) is 0 Å². The Bertz CT molecular complexity index is 240. The van der Waals surface area contributed by atoms with Crippen molar-refractivity contribution in [2.45, 2.75) is 6.92 Å². The van der Waals surface area contributed by atoms with Gasteiger partial charge in [0.05, 0.1) is 0 Å². The van der Waals surface area contributed by atoms with Crippen LogP contribution >= 0.6 is 0 Å². The average Bonchev–Trinajstić information content (AvgIpc) is 1.62. The summed E-state index contributed by atoms with van der Waals surface area (Å²) >= 11 is 0. The molecule has 0 aliphatic rings. The van der Waals surface area contributed by atoms with E-state index >= 15 is 0 Å². The molecule has 0 aromatic rings. The Labute approximate surface area is 102 Å². The second-order valence-corrected chi connectivity index (χ2v) is 2.80. The fourth-order valence-corrected chi connectivity index (χ4v) is 0.640. The summed E-state index contributed by atoms with van der Waals surface area (Å²) in [6.07, 6.45) is 0. The standard InChI is InChI=1S/C4H6O4S.K/c1-3(2)4(5)9(6,7)8;/h1H2,2H3,(H,6,7,8);/q;+1/p-1. The Hall–Kier alpha value is 0.956. The number of carbonyl (C=O) groups excluding carboxylic acids is 1. The van der Waals surface area contributed by atoms with E-state index in [1.165, 1.54) is 0 Å². The molecule has 0 N–H and O–H groups in total. The summed E-state index contributed by atoms with van der Waals surface area (Å²) in [6, 6.07) is 0. The Morgan fingerprint density at radius 3 is 1.80 bits per heavy atom. The summed E-state index contributed by atoms with van der Waals surface area (Å²) in [5.41, 5.74) is -0.259. The molecule has 0 aromatic carbocycles. The molecule has 0 amide bonds. The molecule has 0 saturated carbocycles. The molecule has 0 spiro atoms. The Morgan fingerprint density at radius 1 is 1.50 bits per heavy atom. The third-order valence-corrected chi connectivity index (χ3v) is 1.38. The van der Waals surface area contributed by atoms with Crippen LogP contribution in [0.5, 0.6) is 0 Å². The zero-order valence-corrected chi connectivity index (χ0v) is 9.69. The van der Waals surface area contributed by atoms with Crippen molar-refractivity contribution in [1.82, 2.24) is 0 Å². The van der Waals surface area contributed by atoms with Crippen LogP contribution in [0.2, 0.25) is 0 Å². The van der Waals surface area contributed by atoms with Crippen LogP contribution in [0, 0.1) is 0 Å². The van der Waals surface area contributed by atoms with Crippen LogP contribution in [0.15, 0.2) is 12.2 Å². The van der Waals surface area contributed by atoms with E-state index in [1.54, 1.807) is 0 Å². The summed E-state index contributed by atoms with van der Waals surface area (Å²) in [5, 5.41) is -1.44.